The summed E-state index contributed by atoms with van der Waals surface area (Å²) >= 11 is 0. The van der Waals surface area contributed by atoms with Crippen LogP contribution in [0.3, 0.4) is 0 Å². The number of benzene rings is 2. The first kappa shape index (κ1) is 10.9. The minimum absolute atomic E-state index is 0.552. The third-order valence-corrected chi connectivity index (χ3v) is 2.85. The van der Waals surface area contributed by atoms with Crippen LogP contribution in [0.5, 0.6) is 0 Å². The molecule has 0 nitrogen and oxygen atoms in total. The summed E-state index contributed by atoms with van der Waals surface area (Å²) < 4.78 is 0. The van der Waals surface area contributed by atoms with Crippen LogP contribution in [0.15, 0.2) is 48.5 Å². The minimum atomic E-state index is 0.552. The molecule has 0 heteroatoms. The molecule has 1 radical (unpaired) electrons. The Morgan fingerprint density at radius 1 is 0.875 bits per heavy atom. The second-order valence-electron chi connectivity index (χ2n) is 4.44. The van der Waals surface area contributed by atoms with Crippen molar-refractivity contribution in [3.63, 3.8) is 0 Å². The van der Waals surface area contributed by atoms with Crippen LogP contribution in [0, 0.1) is 6.92 Å². The first-order chi connectivity index (χ1) is 7.68. The summed E-state index contributed by atoms with van der Waals surface area (Å²) in [5.74, 6) is 0.552. The van der Waals surface area contributed by atoms with Gasteiger partial charge in [-0.1, -0.05) is 62.4 Å². The molecule has 0 aliphatic heterocycles. The van der Waals surface area contributed by atoms with Crippen LogP contribution in [0.2, 0.25) is 0 Å². The molecule has 81 valence electrons. The van der Waals surface area contributed by atoms with Crippen molar-refractivity contribution in [3.05, 3.63) is 66.6 Å². The number of hydrogen-bond donors (Lipinski definition) is 0. The number of hydrogen-bond acceptors (Lipinski definition) is 0. The van der Waals surface area contributed by atoms with Gasteiger partial charge in [0.25, 0.3) is 0 Å². The van der Waals surface area contributed by atoms with E-state index in [-0.39, 0.29) is 0 Å². The van der Waals surface area contributed by atoms with Crippen molar-refractivity contribution in [1.82, 2.24) is 0 Å². The summed E-state index contributed by atoms with van der Waals surface area (Å²) in [6, 6.07) is 17.0. The van der Waals surface area contributed by atoms with Gasteiger partial charge in [-0.25, -0.2) is 0 Å². The Bertz CT molecular complexity index is 464. The Balaban J connectivity index is 2.51. The van der Waals surface area contributed by atoms with E-state index >= 15 is 0 Å². The predicted molar refractivity (Wildman–Crippen MR) is 70.4 cm³/mol. The van der Waals surface area contributed by atoms with E-state index in [2.05, 4.69) is 69.3 Å². The highest BCUT2D eigenvalue weighted by Crippen LogP contribution is 2.28. The van der Waals surface area contributed by atoms with Crippen molar-refractivity contribution in [2.45, 2.75) is 19.8 Å². The lowest BCUT2D eigenvalue weighted by Gasteiger charge is -2.12. The third kappa shape index (κ3) is 2.16. The van der Waals surface area contributed by atoms with Crippen LogP contribution in [-0.4, -0.2) is 0 Å². The van der Waals surface area contributed by atoms with Gasteiger partial charge in [-0.05, 0) is 35.1 Å². The van der Waals surface area contributed by atoms with E-state index in [0.29, 0.717) is 5.92 Å². The Hall–Kier alpha value is -1.56. The van der Waals surface area contributed by atoms with Crippen LogP contribution in [0.4, 0.5) is 0 Å². The maximum Gasteiger partial charge on any atom is -0.0149 e. The van der Waals surface area contributed by atoms with Gasteiger partial charge in [-0.15, -0.1) is 0 Å². The molecule has 0 aliphatic rings. The van der Waals surface area contributed by atoms with E-state index in [0.717, 1.165) is 5.56 Å². The predicted octanol–water partition coefficient (Wildman–Crippen LogP) is 4.66. The molecule has 0 saturated heterocycles. The lowest BCUT2D eigenvalue weighted by Crippen LogP contribution is -1.91. The fraction of sp³-hybridized carbons (Fsp3) is 0.188. The highest BCUT2D eigenvalue weighted by molar-refractivity contribution is 5.68. The molecule has 0 aliphatic carbocycles. The first-order valence-corrected chi connectivity index (χ1v) is 5.70. The van der Waals surface area contributed by atoms with Gasteiger partial charge in [0.15, 0.2) is 0 Å². The highest BCUT2D eigenvalue weighted by atomic mass is 14.1. The molecule has 16 heavy (non-hydrogen) atoms. The Morgan fingerprint density at radius 3 is 2.12 bits per heavy atom. The van der Waals surface area contributed by atoms with E-state index in [1.165, 1.54) is 16.7 Å². The van der Waals surface area contributed by atoms with Crippen LogP contribution in [0.1, 0.15) is 30.9 Å². The van der Waals surface area contributed by atoms with Crippen molar-refractivity contribution in [2.75, 3.05) is 0 Å². The van der Waals surface area contributed by atoms with Gasteiger partial charge in [-0.2, -0.15) is 0 Å². The summed E-state index contributed by atoms with van der Waals surface area (Å²) in [6.07, 6.45) is 0. The molecule has 0 N–H and O–H groups in total. The molecule has 0 atom stereocenters. The molecular weight excluding hydrogens is 192 g/mol. The summed E-state index contributed by atoms with van der Waals surface area (Å²) in [4.78, 5) is 0. The molecule has 0 unspecified atom stereocenters. The second kappa shape index (κ2) is 4.52. The van der Waals surface area contributed by atoms with Crippen LogP contribution in [0.25, 0.3) is 11.1 Å². The topological polar surface area (TPSA) is 0 Å². The molecule has 2 aromatic carbocycles. The lowest BCUT2D eigenvalue weighted by molar-refractivity contribution is 0.869. The average Bonchev–Trinajstić information content (AvgIpc) is 2.30. The maximum atomic E-state index is 3.91. The van der Waals surface area contributed by atoms with Gasteiger partial charge in [0.05, 0.1) is 0 Å². The van der Waals surface area contributed by atoms with Crippen molar-refractivity contribution < 1.29 is 0 Å². The van der Waals surface area contributed by atoms with Gasteiger partial charge in [-0.3, -0.25) is 0 Å². The van der Waals surface area contributed by atoms with E-state index in [1.54, 1.807) is 0 Å². The van der Waals surface area contributed by atoms with Crippen molar-refractivity contribution in [2.24, 2.45) is 0 Å². The molecule has 2 aromatic rings. The van der Waals surface area contributed by atoms with Crippen LogP contribution < -0.4 is 0 Å². The summed E-state index contributed by atoms with van der Waals surface area (Å²) in [5.41, 5.74) is 5.07. The quantitative estimate of drug-likeness (QED) is 0.674. The largest absolute Gasteiger partial charge is 0.0619 e. The van der Waals surface area contributed by atoms with Crippen LogP contribution in [-0.2, 0) is 0 Å². The zero-order valence-corrected chi connectivity index (χ0v) is 9.90. The first-order valence-electron chi connectivity index (χ1n) is 5.70. The fourth-order valence-electron chi connectivity index (χ4n) is 1.95. The maximum absolute atomic E-state index is 3.91. The van der Waals surface area contributed by atoms with Crippen molar-refractivity contribution >= 4 is 0 Å². The smallest absolute Gasteiger partial charge is 0.0149 e. The molecule has 0 saturated carbocycles. The molecule has 0 spiro atoms. The lowest BCUT2D eigenvalue weighted by atomic mass is 9.92. The number of rotatable bonds is 2. The van der Waals surface area contributed by atoms with Gasteiger partial charge in [0, 0.05) is 0 Å². The summed E-state index contributed by atoms with van der Waals surface area (Å²) in [6.45, 7) is 8.37. The molecule has 0 amide bonds. The monoisotopic (exact) mass is 209 g/mol. The standard InChI is InChI=1S/C16H17/c1-12(2)15-6-4-5-7-16(15)14-10-8-13(3)9-11-14/h4-12H,3H2,1-2H3. The second-order valence-corrected chi connectivity index (χ2v) is 4.44. The average molecular weight is 209 g/mol. The molecule has 2 rings (SSSR count). The molecule has 0 bridgehead atoms. The fourth-order valence-corrected chi connectivity index (χ4v) is 1.95. The molecule has 0 aromatic heterocycles. The van der Waals surface area contributed by atoms with Gasteiger partial charge in [0.1, 0.15) is 0 Å². The van der Waals surface area contributed by atoms with Gasteiger partial charge >= 0.3 is 0 Å². The minimum Gasteiger partial charge on any atom is -0.0619 e. The van der Waals surface area contributed by atoms with Crippen molar-refractivity contribution in [1.29, 1.82) is 0 Å². The third-order valence-electron chi connectivity index (χ3n) is 2.85. The Labute approximate surface area is 97.9 Å². The zero-order chi connectivity index (χ0) is 11.5. The van der Waals surface area contributed by atoms with E-state index in [9.17, 15) is 0 Å². The van der Waals surface area contributed by atoms with E-state index in [1.807, 2.05) is 0 Å². The summed E-state index contributed by atoms with van der Waals surface area (Å²) in [5, 5.41) is 0. The summed E-state index contributed by atoms with van der Waals surface area (Å²) in [7, 11) is 0. The van der Waals surface area contributed by atoms with Gasteiger partial charge in [0.2, 0.25) is 0 Å². The van der Waals surface area contributed by atoms with Gasteiger partial charge < -0.3 is 0 Å². The Morgan fingerprint density at radius 2 is 1.50 bits per heavy atom. The zero-order valence-electron chi connectivity index (χ0n) is 9.90. The highest BCUT2D eigenvalue weighted by Gasteiger charge is 2.06. The SMILES string of the molecule is [CH2]c1ccc(-c2ccccc2C(C)C)cc1. The van der Waals surface area contributed by atoms with E-state index < -0.39 is 0 Å². The normalized spacial score (nSPS) is 10.8. The molecule has 0 fully saturated rings. The Kier molecular flexibility index (Phi) is 3.09. The van der Waals surface area contributed by atoms with Crippen molar-refractivity contribution in [3.8, 4) is 11.1 Å². The molecule has 0 heterocycles. The van der Waals surface area contributed by atoms with Crippen LogP contribution >= 0.6 is 0 Å². The molecular formula is C16H17. The van der Waals surface area contributed by atoms with E-state index in [4.69, 9.17) is 0 Å².